The number of pyridine rings is 1. The minimum absolute atomic E-state index is 0.561. The summed E-state index contributed by atoms with van der Waals surface area (Å²) in [6, 6.07) is 9.71. The monoisotopic (exact) mass is 234 g/mol. The fraction of sp³-hybridized carbons (Fsp3) is 0.250. The molecule has 1 aromatic carbocycles. The summed E-state index contributed by atoms with van der Waals surface area (Å²) in [7, 11) is -0.784. The molecule has 0 spiro atoms. The van der Waals surface area contributed by atoms with Crippen LogP contribution in [-0.2, 0) is 9.73 Å². The van der Waals surface area contributed by atoms with Gasteiger partial charge in [0, 0.05) is 18.7 Å². The standard InChI is InChI=1S/C12H14N2OS/c1-9-8-12(16(3,15)13-2)14-11-7-5-4-6-10(9)11/h4-8H,1-3H3. The van der Waals surface area contributed by atoms with Crippen LogP contribution in [0.2, 0.25) is 0 Å². The molecule has 4 heteroatoms. The predicted molar refractivity (Wildman–Crippen MR) is 67.2 cm³/mol. The van der Waals surface area contributed by atoms with E-state index in [9.17, 15) is 4.21 Å². The first-order valence-corrected chi connectivity index (χ1v) is 6.93. The highest BCUT2D eigenvalue weighted by molar-refractivity contribution is 7.92. The average molecular weight is 234 g/mol. The van der Waals surface area contributed by atoms with Crippen LogP contribution in [-0.4, -0.2) is 22.5 Å². The van der Waals surface area contributed by atoms with Crippen molar-refractivity contribution in [2.75, 3.05) is 13.3 Å². The number of hydrogen-bond acceptors (Lipinski definition) is 3. The molecule has 3 nitrogen and oxygen atoms in total. The van der Waals surface area contributed by atoms with Crippen LogP contribution in [0.25, 0.3) is 10.9 Å². The molecule has 1 atom stereocenters. The zero-order valence-electron chi connectivity index (χ0n) is 9.60. The summed E-state index contributed by atoms with van der Waals surface area (Å²) in [5.41, 5.74) is 1.95. The molecule has 0 N–H and O–H groups in total. The summed E-state index contributed by atoms with van der Waals surface area (Å²) >= 11 is 0. The third kappa shape index (κ3) is 1.80. The largest absolute Gasteiger partial charge is 0.243 e. The topological polar surface area (TPSA) is 42.3 Å². The Labute approximate surface area is 95.7 Å². The van der Waals surface area contributed by atoms with E-state index in [1.165, 1.54) is 0 Å². The van der Waals surface area contributed by atoms with Gasteiger partial charge < -0.3 is 0 Å². The Bertz CT molecular complexity index is 655. The maximum Gasteiger partial charge on any atom is 0.136 e. The number of rotatable bonds is 1. The Kier molecular flexibility index (Phi) is 2.68. The second-order valence-corrected chi connectivity index (χ2v) is 6.17. The van der Waals surface area contributed by atoms with Crippen LogP contribution in [0.5, 0.6) is 0 Å². The van der Waals surface area contributed by atoms with Gasteiger partial charge >= 0.3 is 0 Å². The lowest BCUT2D eigenvalue weighted by molar-refractivity contribution is 0.677. The molecule has 0 amide bonds. The molecular weight excluding hydrogens is 220 g/mol. The Balaban J connectivity index is 2.83. The number of aromatic nitrogens is 1. The lowest BCUT2D eigenvalue weighted by Gasteiger charge is -2.07. The van der Waals surface area contributed by atoms with Crippen molar-refractivity contribution in [3.05, 3.63) is 35.9 Å². The first-order valence-electron chi connectivity index (χ1n) is 5.01. The van der Waals surface area contributed by atoms with Gasteiger partial charge in [0.25, 0.3) is 0 Å². The number of nitrogens with zero attached hydrogens (tertiary/aromatic N) is 2. The maximum absolute atomic E-state index is 12.1. The summed E-state index contributed by atoms with van der Waals surface area (Å²) < 4.78 is 16.0. The minimum atomic E-state index is -2.35. The van der Waals surface area contributed by atoms with Crippen LogP contribution in [0.15, 0.2) is 39.7 Å². The smallest absolute Gasteiger partial charge is 0.136 e. The van der Waals surface area contributed by atoms with Crippen molar-refractivity contribution < 1.29 is 4.21 Å². The van der Waals surface area contributed by atoms with Gasteiger partial charge in [-0.05, 0) is 24.6 Å². The Morgan fingerprint density at radius 2 is 2.00 bits per heavy atom. The molecule has 0 saturated carbocycles. The molecule has 2 rings (SSSR count). The summed E-state index contributed by atoms with van der Waals surface area (Å²) in [5.74, 6) is 0. The van der Waals surface area contributed by atoms with E-state index in [1.807, 2.05) is 37.3 Å². The van der Waals surface area contributed by atoms with Crippen LogP contribution in [0, 0.1) is 6.92 Å². The van der Waals surface area contributed by atoms with Gasteiger partial charge in [-0.2, -0.15) is 0 Å². The van der Waals surface area contributed by atoms with Crippen LogP contribution in [0.4, 0.5) is 0 Å². The first kappa shape index (κ1) is 11.1. The molecule has 0 aliphatic carbocycles. The molecule has 1 heterocycles. The first-order chi connectivity index (χ1) is 7.54. The average Bonchev–Trinajstić information content (AvgIpc) is 2.29. The zero-order valence-corrected chi connectivity index (χ0v) is 10.4. The molecule has 0 aliphatic rings. The van der Waals surface area contributed by atoms with E-state index in [1.54, 1.807) is 13.3 Å². The van der Waals surface area contributed by atoms with Crippen molar-refractivity contribution in [3.8, 4) is 0 Å². The van der Waals surface area contributed by atoms with Gasteiger partial charge in [-0.15, -0.1) is 0 Å². The molecular formula is C12H14N2OS. The van der Waals surface area contributed by atoms with Crippen LogP contribution >= 0.6 is 0 Å². The summed E-state index contributed by atoms with van der Waals surface area (Å²) in [5, 5.41) is 1.66. The summed E-state index contributed by atoms with van der Waals surface area (Å²) in [6.07, 6.45) is 1.61. The Morgan fingerprint density at radius 3 is 2.69 bits per heavy atom. The molecule has 0 radical (unpaired) electrons. The Morgan fingerprint density at radius 1 is 1.31 bits per heavy atom. The molecule has 0 aliphatic heterocycles. The van der Waals surface area contributed by atoms with E-state index in [2.05, 4.69) is 9.35 Å². The number of para-hydroxylation sites is 1. The van der Waals surface area contributed by atoms with E-state index in [4.69, 9.17) is 0 Å². The van der Waals surface area contributed by atoms with Gasteiger partial charge in [-0.25, -0.2) is 13.6 Å². The third-order valence-electron chi connectivity index (χ3n) is 2.64. The van der Waals surface area contributed by atoms with Crippen molar-refractivity contribution in [3.63, 3.8) is 0 Å². The molecule has 1 unspecified atom stereocenters. The SMILES string of the molecule is CN=S(C)(=O)c1cc(C)c2ccccc2n1. The van der Waals surface area contributed by atoms with E-state index in [0.717, 1.165) is 16.5 Å². The number of benzene rings is 1. The predicted octanol–water partition coefficient (Wildman–Crippen LogP) is 2.63. The lowest BCUT2D eigenvalue weighted by atomic mass is 10.1. The fourth-order valence-electron chi connectivity index (χ4n) is 1.61. The number of hydrogen-bond donors (Lipinski definition) is 0. The highest BCUT2D eigenvalue weighted by Gasteiger charge is 2.09. The lowest BCUT2D eigenvalue weighted by Crippen LogP contribution is -2.01. The second-order valence-electron chi connectivity index (χ2n) is 3.78. The van der Waals surface area contributed by atoms with Crippen molar-refractivity contribution in [1.29, 1.82) is 0 Å². The zero-order chi connectivity index (χ0) is 11.8. The second kappa shape index (κ2) is 3.87. The van der Waals surface area contributed by atoms with Crippen LogP contribution in [0.1, 0.15) is 5.56 Å². The van der Waals surface area contributed by atoms with Crippen molar-refractivity contribution in [2.24, 2.45) is 4.36 Å². The molecule has 1 aromatic heterocycles. The minimum Gasteiger partial charge on any atom is -0.243 e. The fourth-order valence-corrected chi connectivity index (χ4v) is 2.46. The highest BCUT2D eigenvalue weighted by atomic mass is 32.2. The quantitative estimate of drug-likeness (QED) is 0.761. The molecule has 0 bridgehead atoms. The Hall–Kier alpha value is -1.42. The summed E-state index contributed by atoms with van der Waals surface area (Å²) in [4.78, 5) is 4.41. The van der Waals surface area contributed by atoms with Crippen molar-refractivity contribution in [2.45, 2.75) is 11.9 Å². The van der Waals surface area contributed by atoms with E-state index >= 15 is 0 Å². The van der Waals surface area contributed by atoms with Crippen LogP contribution in [0.3, 0.4) is 0 Å². The molecule has 0 fully saturated rings. The van der Waals surface area contributed by atoms with Gasteiger partial charge in [0.15, 0.2) is 0 Å². The van der Waals surface area contributed by atoms with Gasteiger partial charge in [0.05, 0.1) is 15.2 Å². The summed E-state index contributed by atoms with van der Waals surface area (Å²) in [6.45, 7) is 2.00. The van der Waals surface area contributed by atoms with Gasteiger partial charge in [0.2, 0.25) is 0 Å². The van der Waals surface area contributed by atoms with E-state index in [-0.39, 0.29) is 0 Å². The third-order valence-corrected chi connectivity index (χ3v) is 4.32. The molecule has 0 saturated heterocycles. The van der Waals surface area contributed by atoms with Gasteiger partial charge in [-0.1, -0.05) is 18.2 Å². The molecule has 2 aromatic rings. The molecule has 16 heavy (non-hydrogen) atoms. The van der Waals surface area contributed by atoms with E-state index in [0.29, 0.717) is 5.03 Å². The van der Waals surface area contributed by atoms with Gasteiger partial charge in [0.1, 0.15) is 5.03 Å². The van der Waals surface area contributed by atoms with E-state index < -0.39 is 9.73 Å². The van der Waals surface area contributed by atoms with Crippen molar-refractivity contribution in [1.82, 2.24) is 4.98 Å². The van der Waals surface area contributed by atoms with Crippen LogP contribution < -0.4 is 0 Å². The number of aryl methyl sites for hydroxylation is 1. The number of fused-ring (bicyclic) bond motifs is 1. The van der Waals surface area contributed by atoms with Crippen molar-refractivity contribution >= 4 is 20.6 Å². The molecule has 84 valence electrons. The van der Waals surface area contributed by atoms with Gasteiger partial charge in [-0.3, -0.25) is 0 Å². The normalized spacial score (nSPS) is 14.7. The maximum atomic E-state index is 12.1. The highest BCUT2D eigenvalue weighted by Crippen LogP contribution is 2.20.